The molecule has 0 atom stereocenters. The minimum Gasteiger partial charge on any atom is -0.0622 e. The molecule has 1 aromatic rings. The van der Waals surface area contributed by atoms with Crippen molar-refractivity contribution in [3.8, 4) is 0 Å². The van der Waals surface area contributed by atoms with Crippen LogP contribution in [0.15, 0.2) is 77.4 Å². The van der Waals surface area contributed by atoms with Gasteiger partial charge in [-0.15, -0.1) is 0 Å². The lowest BCUT2D eigenvalue weighted by Crippen LogP contribution is -1.88. The van der Waals surface area contributed by atoms with Crippen LogP contribution in [-0.4, -0.2) is 0 Å². The Bertz CT molecular complexity index is 496. The Hall–Kier alpha value is -1.82. The highest BCUT2D eigenvalue weighted by atomic mass is 14.2. The highest BCUT2D eigenvalue weighted by Crippen LogP contribution is 2.31. The summed E-state index contributed by atoms with van der Waals surface area (Å²) in [5.41, 5.74) is 5.58. The third-order valence-electron chi connectivity index (χ3n) is 2.90. The van der Waals surface area contributed by atoms with Gasteiger partial charge >= 0.3 is 0 Å². The molecule has 0 amide bonds. The molecule has 0 aliphatic heterocycles. The first-order valence-electron chi connectivity index (χ1n) is 5.27. The van der Waals surface area contributed by atoms with Crippen LogP contribution in [0.4, 0.5) is 0 Å². The van der Waals surface area contributed by atoms with Crippen LogP contribution in [0.5, 0.6) is 0 Å². The second kappa shape index (κ2) is 3.39. The standard InChI is InChI=1S/C15H12/c1-2-5-12(6-3-1)11-14-10-9-13-7-4-8-15(13)14/h1-10H,11H2. The summed E-state index contributed by atoms with van der Waals surface area (Å²) in [5, 5.41) is 0. The molecule has 1 aromatic carbocycles. The fourth-order valence-corrected chi connectivity index (χ4v) is 2.12. The fraction of sp³-hybridized carbons (Fsp3) is 0.0667. The van der Waals surface area contributed by atoms with Gasteiger partial charge in [0.05, 0.1) is 0 Å². The Morgan fingerprint density at radius 3 is 2.60 bits per heavy atom. The molecular formula is C15H12. The third-order valence-corrected chi connectivity index (χ3v) is 2.90. The van der Waals surface area contributed by atoms with Crippen LogP contribution in [0.3, 0.4) is 0 Å². The number of rotatable bonds is 2. The van der Waals surface area contributed by atoms with Gasteiger partial charge in [-0.2, -0.15) is 0 Å². The summed E-state index contributed by atoms with van der Waals surface area (Å²) in [6.45, 7) is 0. The zero-order valence-corrected chi connectivity index (χ0v) is 8.48. The molecule has 0 aromatic heterocycles. The largest absolute Gasteiger partial charge is 0.0622 e. The van der Waals surface area contributed by atoms with Crippen molar-refractivity contribution in [3.05, 3.63) is 83.0 Å². The van der Waals surface area contributed by atoms with E-state index >= 15 is 0 Å². The highest BCUT2D eigenvalue weighted by molar-refractivity contribution is 5.63. The Labute approximate surface area is 89.9 Å². The molecule has 0 fully saturated rings. The van der Waals surface area contributed by atoms with E-state index in [4.69, 9.17) is 0 Å². The van der Waals surface area contributed by atoms with E-state index in [2.05, 4.69) is 60.7 Å². The van der Waals surface area contributed by atoms with Crippen LogP contribution in [0.25, 0.3) is 0 Å². The normalized spacial score (nSPS) is 17.2. The molecule has 0 saturated carbocycles. The van der Waals surface area contributed by atoms with Crippen molar-refractivity contribution in [2.24, 2.45) is 0 Å². The van der Waals surface area contributed by atoms with Crippen LogP contribution >= 0.6 is 0 Å². The molecule has 3 rings (SSSR count). The molecule has 0 spiro atoms. The SMILES string of the molecule is C1=CC2=C(Cc3ccccc3)C=CC2=C1. The van der Waals surface area contributed by atoms with Gasteiger partial charge in [0.1, 0.15) is 0 Å². The predicted octanol–water partition coefficient (Wildman–Crippen LogP) is 3.59. The maximum absolute atomic E-state index is 2.23. The maximum atomic E-state index is 2.23. The number of allylic oxidation sites excluding steroid dienone is 8. The van der Waals surface area contributed by atoms with Crippen LogP contribution in [-0.2, 0) is 6.42 Å². The van der Waals surface area contributed by atoms with Crippen LogP contribution in [0.2, 0.25) is 0 Å². The lowest BCUT2D eigenvalue weighted by atomic mass is 10.0. The zero-order chi connectivity index (χ0) is 10.1. The Balaban J connectivity index is 1.92. The summed E-state index contributed by atoms with van der Waals surface area (Å²) in [4.78, 5) is 0. The van der Waals surface area contributed by atoms with Crippen molar-refractivity contribution < 1.29 is 0 Å². The van der Waals surface area contributed by atoms with Crippen molar-refractivity contribution >= 4 is 0 Å². The van der Waals surface area contributed by atoms with Crippen molar-refractivity contribution in [3.63, 3.8) is 0 Å². The molecular weight excluding hydrogens is 180 g/mol. The van der Waals surface area contributed by atoms with Gasteiger partial charge in [0.2, 0.25) is 0 Å². The molecule has 72 valence electrons. The fourth-order valence-electron chi connectivity index (χ4n) is 2.12. The predicted molar refractivity (Wildman–Crippen MR) is 63.5 cm³/mol. The zero-order valence-electron chi connectivity index (χ0n) is 8.48. The second-order valence-electron chi connectivity index (χ2n) is 3.92. The number of hydrogen-bond donors (Lipinski definition) is 0. The van der Waals surface area contributed by atoms with Gasteiger partial charge in [-0.25, -0.2) is 0 Å². The summed E-state index contributed by atoms with van der Waals surface area (Å²) >= 11 is 0. The van der Waals surface area contributed by atoms with Gasteiger partial charge in [-0.3, -0.25) is 0 Å². The average Bonchev–Trinajstić information content (AvgIpc) is 2.85. The first kappa shape index (κ1) is 8.49. The summed E-state index contributed by atoms with van der Waals surface area (Å²) < 4.78 is 0. The topological polar surface area (TPSA) is 0 Å². The summed E-state index contributed by atoms with van der Waals surface area (Å²) in [5.74, 6) is 0. The van der Waals surface area contributed by atoms with E-state index in [1.165, 1.54) is 22.3 Å². The summed E-state index contributed by atoms with van der Waals surface area (Å²) in [6, 6.07) is 10.6. The number of hydrogen-bond acceptors (Lipinski definition) is 0. The first-order chi connectivity index (χ1) is 7.43. The highest BCUT2D eigenvalue weighted by Gasteiger charge is 2.14. The van der Waals surface area contributed by atoms with Crippen LogP contribution in [0.1, 0.15) is 5.56 Å². The van der Waals surface area contributed by atoms with Gasteiger partial charge in [0, 0.05) is 0 Å². The number of benzene rings is 1. The number of fused-ring (bicyclic) bond motifs is 1. The summed E-state index contributed by atoms with van der Waals surface area (Å²) in [7, 11) is 0. The van der Waals surface area contributed by atoms with Crippen molar-refractivity contribution in [1.82, 2.24) is 0 Å². The van der Waals surface area contributed by atoms with Gasteiger partial charge in [0.25, 0.3) is 0 Å². The molecule has 0 bridgehead atoms. The van der Waals surface area contributed by atoms with E-state index in [9.17, 15) is 0 Å². The molecule has 0 N–H and O–H groups in total. The Morgan fingerprint density at radius 1 is 0.867 bits per heavy atom. The van der Waals surface area contributed by atoms with E-state index in [1.54, 1.807) is 0 Å². The van der Waals surface area contributed by atoms with Crippen LogP contribution < -0.4 is 0 Å². The smallest absolute Gasteiger partial charge is 0.00196 e. The van der Waals surface area contributed by atoms with E-state index in [1.807, 2.05) is 0 Å². The molecule has 0 radical (unpaired) electrons. The first-order valence-corrected chi connectivity index (χ1v) is 5.27. The van der Waals surface area contributed by atoms with Gasteiger partial charge in [-0.1, -0.05) is 60.7 Å². The van der Waals surface area contributed by atoms with E-state index in [0.717, 1.165) is 6.42 Å². The molecule has 0 heteroatoms. The van der Waals surface area contributed by atoms with Gasteiger partial charge < -0.3 is 0 Å². The molecule has 15 heavy (non-hydrogen) atoms. The Kier molecular flexibility index (Phi) is 1.92. The molecule has 2 aliphatic rings. The molecule has 0 heterocycles. The van der Waals surface area contributed by atoms with Crippen molar-refractivity contribution in [1.29, 1.82) is 0 Å². The molecule has 0 nitrogen and oxygen atoms in total. The molecule has 0 unspecified atom stereocenters. The van der Waals surface area contributed by atoms with E-state index < -0.39 is 0 Å². The van der Waals surface area contributed by atoms with E-state index in [0.29, 0.717) is 0 Å². The average molecular weight is 192 g/mol. The Morgan fingerprint density at radius 2 is 1.73 bits per heavy atom. The quantitative estimate of drug-likeness (QED) is 0.671. The summed E-state index contributed by atoms with van der Waals surface area (Å²) in [6.07, 6.45) is 12.0. The second-order valence-corrected chi connectivity index (χ2v) is 3.92. The van der Waals surface area contributed by atoms with Gasteiger partial charge in [0.15, 0.2) is 0 Å². The lowest BCUT2D eigenvalue weighted by molar-refractivity contribution is 1.19. The monoisotopic (exact) mass is 192 g/mol. The van der Waals surface area contributed by atoms with Gasteiger partial charge in [-0.05, 0) is 28.7 Å². The molecule has 0 saturated heterocycles. The van der Waals surface area contributed by atoms with Crippen molar-refractivity contribution in [2.45, 2.75) is 6.42 Å². The maximum Gasteiger partial charge on any atom is -0.00196 e. The third kappa shape index (κ3) is 1.48. The van der Waals surface area contributed by atoms with Crippen LogP contribution in [0, 0.1) is 0 Å². The minimum atomic E-state index is 1.04. The molecule has 2 aliphatic carbocycles. The van der Waals surface area contributed by atoms with Crippen molar-refractivity contribution in [2.75, 3.05) is 0 Å². The lowest BCUT2D eigenvalue weighted by Gasteiger charge is -2.02. The minimum absolute atomic E-state index is 1.04. The van der Waals surface area contributed by atoms with E-state index in [-0.39, 0.29) is 0 Å².